The number of amidine groups is 1. The fourth-order valence-electron chi connectivity index (χ4n) is 5.12. The summed E-state index contributed by atoms with van der Waals surface area (Å²) in [7, 11) is 0. The number of ether oxygens (including phenoxy) is 1. The number of likely N-dealkylation sites (tertiary alicyclic amines) is 1. The van der Waals surface area contributed by atoms with Gasteiger partial charge in [-0.1, -0.05) is 18.2 Å². The van der Waals surface area contributed by atoms with Crippen molar-refractivity contribution in [3.8, 4) is 0 Å². The van der Waals surface area contributed by atoms with Gasteiger partial charge in [-0.3, -0.25) is 20.0 Å². The highest BCUT2D eigenvalue weighted by atomic mass is 19.1. The zero-order chi connectivity index (χ0) is 24.8. The Bertz CT molecular complexity index is 1050. The molecule has 8 nitrogen and oxygen atoms in total. The summed E-state index contributed by atoms with van der Waals surface area (Å²) in [4.78, 5) is 32.4. The number of aromatic nitrogens is 1. The number of hydrogen-bond acceptors (Lipinski definition) is 6. The van der Waals surface area contributed by atoms with Crippen molar-refractivity contribution in [3.63, 3.8) is 0 Å². The molecule has 2 aromatic rings. The second-order valence-corrected chi connectivity index (χ2v) is 9.28. The van der Waals surface area contributed by atoms with Crippen molar-refractivity contribution in [2.24, 2.45) is 17.6 Å². The summed E-state index contributed by atoms with van der Waals surface area (Å²) < 4.78 is 20.2. The monoisotopic (exact) mass is 481 g/mol. The molecule has 35 heavy (non-hydrogen) atoms. The zero-order valence-electron chi connectivity index (χ0n) is 19.8. The van der Waals surface area contributed by atoms with Crippen LogP contribution in [0, 0.1) is 23.1 Å². The Morgan fingerprint density at radius 1 is 1.03 bits per heavy atom. The first-order chi connectivity index (χ1) is 16.9. The lowest BCUT2D eigenvalue weighted by atomic mass is 9.78. The van der Waals surface area contributed by atoms with E-state index < -0.39 is 5.97 Å². The van der Waals surface area contributed by atoms with Gasteiger partial charge in [0.15, 0.2) is 5.82 Å². The molecule has 4 rings (SSSR count). The number of anilines is 1. The van der Waals surface area contributed by atoms with Crippen LogP contribution >= 0.6 is 0 Å². The first-order valence-corrected chi connectivity index (χ1v) is 12.1. The molecule has 0 bridgehead atoms. The highest BCUT2D eigenvalue weighted by Gasteiger charge is 2.32. The summed E-state index contributed by atoms with van der Waals surface area (Å²) in [5, 5.41) is 7.15. The number of nitrogens with two attached hydrogens (primary N) is 1. The molecule has 2 fully saturated rings. The molecule has 1 aromatic carbocycles. The van der Waals surface area contributed by atoms with Crippen LogP contribution in [0.3, 0.4) is 0 Å². The van der Waals surface area contributed by atoms with Crippen LogP contribution in [0.5, 0.6) is 0 Å². The number of carbonyl (C=O) groups is 2. The minimum Gasteiger partial charge on any atom is -0.460 e. The van der Waals surface area contributed by atoms with E-state index in [-0.39, 0.29) is 30.6 Å². The van der Waals surface area contributed by atoms with Gasteiger partial charge in [-0.05, 0) is 55.7 Å². The standard InChI is InChI=1S/C26H32FN5O3/c27-25-20(17-35-24(33)16-23(28)29)4-3-6-22(25)31-12-7-18(8-13-31)19-9-14-32(15-10-19)26(34)21-5-1-2-11-30-21/h1-6,11,18-19H,7-10,12-17H2,(H3,28,29). The van der Waals surface area contributed by atoms with Gasteiger partial charge in [0, 0.05) is 37.9 Å². The quantitative estimate of drug-likeness (QED) is 0.356. The Morgan fingerprint density at radius 2 is 1.71 bits per heavy atom. The maximum atomic E-state index is 15.1. The van der Waals surface area contributed by atoms with E-state index in [1.54, 1.807) is 30.5 Å². The van der Waals surface area contributed by atoms with Gasteiger partial charge in [0.05, 0.1) is 5.69 Å². The normalized spacial score (nSPS) is 17.3. The number of pyridine rings is 1. The number of piperidine rings is 2. The SMILES string of the molecule is N=C(N)CC(=O)OCc1cccc(N2CCC(C3CCN(C(=O)c4ccccn4)CC3)CC2)c1F. The molecule has 0 radical (unpaired) electrons. The lowest BCUT2D eigenvalue weighted by Gasteiger charge is -2.41. The summed E-state index contributed by atoms with van der Waals surface area (Å²) >= 11 is 0. The summed E-state index contributed by atoms with van der Waals surface area (Å²) in [6, 6.07) is 10.5. The molecule has 0 saturated carbocycles. The Labute approximate surface area is 204 Å². The minimum atomic E-state index is -0.643. The number of halogens is 1. The van der Waals surface area contributed by atoms with E-state index in [9.17, 15) is 9.59 Å². The van der Waals surface area contributed by atoms with Crippen LogP contribution in [-0.4, -0.2) is 53.8 Å². The molecule has 0 aliphatic carbocycles. The van der Waals surface area contributed by atoms with E-state index in [2.05, 4.69) is 9.88 Å². The number of rotatable bonds is 7. The molecule has 2 aliphatic rings. The Kier molecular flexibility index (Phi) is 7.94. The molecule has 3 heterocycles. The average Bonchev–Trinajstić information content (AvgIpc) is 2.88. The molecule has 9 heteroatoms. The van der Waals surface area contributed by atoms with Gasteiger partial charge in [0.25, 0.3) is 5.91 Å². The summed E-state index contributed by atoms with van der Waals surface area (Å²) in [5.41, 5.74) is 6.54. The van der Waals surface area contributed by atoms with Crippen molar-refractivity contribution in [3.05, 3.63) is 59.7 Å². The van der Waals surface area contributed by atoms with Gasteiger partial charge in [-0.2, -0.15) is 0 Å². The van der Waals surface area contributed by atoms with Crippen molar-refractivity contribution in [2.75, 3.05) is 31.1 Å². The topological polar surface area (TPSA) is 113 Å². The van der Waals surface area contributed by atoms with Gasteiger partial charge in [0.2, 0.25) is 0 Å². The summed E-state index contributed by atoms with van der Waals surface area (Å²) in [6.45, 7) is 2.85. The summed E-state index contributed by atoms with van der Waals surface area (Å²) in [5.74, 6) is -0.156. The van der Waals surface area contributed by atoms with E-state index in [4.69, 9.17) is 15.9 Å². The predicted molar refractivity (Wildman–Crippen MR) is 131 cm³/mol. The maximum absolute atomic E-state index is 15.1. The van der Waals surface area contributed by atoms with Gasteiger partial charge >= 0.3 is 5.97 Å². The van der Waals surface area contributed by atoms with Crippen LogP contribution < -0.4 is 10.6 Å². The van der Waals surface area contributed by atoms with Crippen LogP contribution in [0.25, 0.3) is 0 Å². The Balaban J connectivity index is 1.27. The largest absolute Gasteiger partial charge is 0.460 e. The lowest BCUT2D eigenvalue weighted by molar-refractivity contribution is -0.143. The van der Waals surface area contributed by atoms with E-state index >= 15 is 4.39 Å². The third-order valence-corrected chi connectivity index (χ3v) is 7.04. The number of benzene rings is 1. The predicted octanol–water partition coefficient (Wildman–Crippen LogP) is 3.36. The van der Waals surface area contributed by atoms with E-state index in [0.717, 1.165) is 51.9 Å². The smallest absolute Gasteiger partial charge is 0.313 e. The Hall–Kier alpha value is -3.49. The number of carbonyl (C=O) groups excluding carboxylic acids is 2. The first-order valence-electron chi connectivity index (χ1n) is 12.1. The molecule has 2 aliphatic heterocycles. The first kappa shape index (κ1) is 24.6. The van der Waals surface area contributed by atoms with Gasteiger partial charge < -0.3 is 20.3 Å². The number of esters is 1. The fourth-order valence-corrected chi connectivity index (χ4v) is 5.12. The van der Waals surface area contributed by atoms with Crippen LogP contribution in [0.1, 0.15) is 48.2 Å². The molecule has 3 N–H and O–H groups in total. The third kappa shape index (κ3) is 6.15. The molecular weight excluding hydrogens is 449 g/mol. The van der Waals surface area contributed by atoms with Crippen LogP contribution in [0.4, 0.5) is 10.1 Å². The third-order valence-electron chi connectivity index (χ3n) is 7.04. The molecule has 186 valence electrons. The van der Waals surface area contributed by atoms with Crippen LogP contribution in [0.2, 0.25) is 0 Å². The average molecular weight is 482 g/mol. The fraction of sp³-hybridized carbons (Fsp3) is 0.462. The minimum absolute atomic E-state index is 0.00111. The number of nitrogens with one attached hydrogen (secondary N) is 1. The number of amides is 1. The van der Waals surface area contributed by atoms with Gasteiger partial charge in [-0.25, -0.2) is 4.39 Å². The van der Waals surface area contributed by atoms with Gasteiger partial charge in [0.1, 0.15) is 24.6 Å². The van der Waals surface area contributed by atoms with Crippen LogP contribution in [-0.2, 0) is 16.1 Å². The molecular formula is C26H32FN5O3. The summed E-state index contributed by atoms with van der Waals surface area (Å²) in [6.07, 6.45) is 5.28. The molecule has 1 amide bonds. The van der Waals surface area contributed by atoms with Gasteiger partial charge in [-0.15, -0.1) is 0 Å². The Morgan fingerprint density at radius 3 is 2.34 bits per heavy atom. The van der Waals surface area contributed by atoms with E-state index in [0.29, 0.717) is 28.8 Å². The van der Waals surface area contributed by atoms with Crippen molar-refractivity contribution >= 4 is 23.4 Å². The highest BCUT2D eigenvalue weighted by molar-refractivity contribution is 5.94. The maximum Gasteiger partial charge on any atom is 0.313 e. The molecule has 2 saturated heterocycles. The molecule has 0 spiro atoms. The second kappa shape index (κ2) is 11.3. The molecule has 0 atom stereocenters. The zero-order valence-corrected chi connectivity index (χ0v) is 19.8. The van der Waals surface area contributed by atoms with E-state index in [1.165, 1.54) is 0 Å². The molecule has 1 aromatic heterocycles. The molecule has 0 unspecified atom stereocenters. The van der Waals surface area contributed by atoms with Crippen molar-refractivity contribution in [1.29, 1.82) is 5.41 Å². The second-order valence-electron chi connectivity index (χ2n) is 9.28. The number of nitrogens with zero attached hydrogens (tertiary/aromatic N) is 3. The van der Waals surface area contributed by atoms with Crippen molar-refractivity contribution < 1.29 is 18.7 Å². The lowest BCUT2D eigenvalue weighted by Crippen LogP contribution is -2.43. The van der Waals surface area contributed by atoms with E-state index in [1.807, 2.05) is 17.0 Å². The number of hydrogen-bond donors (Lipinski definition) is 2. The van der Waals surface area contributed by atoms with Crippen molar-refractivity contribution in [1.82, 2.24) is 9.88 Å². The highest BCUT2D eigenvalue weighted by Crippen LogP contribution is 2.35. The van der Waals surface area contributed by atoms with Crippen molar-refractivity contribution in [2.45, 2.75) is 38.7 Å². The van der Waals surface area contributed by atoms with Crippen LogP contribution in [0.15, 0.2) is 42.6 Å².